The van der Waals surface area contributed by atoms with Gasteiger partial charge in [-0.25, -0.2) is 4.79 Å². The van der Waals surface area contributed by atoms with E-state index in [0.717, 1.165) is 31.6 Å². The van der Waals surface area contributed by atoms with Gasteiger partial charge in [-0.15, -0.1) is 0 Å². The molecule has 0 aromatic rings. The summed E-state index contributed by atoms with van der Waals surface area (Å²) in [6.45, 7) is 0. The van der Waals surface area contributed by atoms with E-state index < -0.39 is 5.97 Å². The number of carboxylic acid groups (broad SMARTS) is 1. The van der Waals surface area contributed by atoms with Crippen LogP contribution in [0.25, 0.3) is 0 Å². The van der Waals surface area contributed by atoms with Crippen molar-refractivity contribution in [3.63, 3.8) is 0 Å². The van der Waals surface area contributed by atoms with Crippen LogP contribution in [0.3, 0.4) is 0 Å². The first-order valence-corrected chi connectivity index (χ1v) is 9.27. The molecule has 1 N–H and O–H groups in total. The number of unbranched alkanes of at least 4 members (excludes halogenated alkanes) is 9. The lowest BCUT2D eigenvalue weighted by atomic mass is 10.1. The van der Waals surface area contributed by atoms with Crippen LogP contribution in [0.4, 0.5) is 0 Å². The van der Waals surface area contributed by atoms with Crippen molar-refractivity contribution in [2.75, 3.05) is 0 Å². The van der Waals surface area contributed by atoms with Gasteiger partial charge in [0.1, 0.15) is 6.29 Å². The Morgan fingerprint density at radius 1 is 0.600 bits per heavy atom. The van der Waals surface area contributed by atoms with Crippen molar-refractivity contribution >= 4 is 12.3 Å². The molecule has 25 heavy (non-hydrogen) atoms. The number of carbonyl (C=O) groups is 2. The van der Waals surface area contributed by atoms with Gasteiger partial charge in [-0.1, -0.05) is 93.2 Å². The van der Waals surface area contributed by atoms with Crippen molar-refractivity contribution < 1.29 is 14.7 Å². The molecule has 3 heteroatoms. The molecule has 0 aliphatic carbocycles. The molecule has 0 aromatic heterocycles. The van der Waals surface area contributed by atoms with Gasteiger partial charge in [0, 0.05) is 12.5 Å². The summed E-state index contributed by atoms with van der Waals surface area (Å²) in [6, 6.07) is 0. The van der Waals surface area contributed by atoms with E-state index in [1.807, 2.05) is 24.3 Å². The Balaban J connectivity index is 3.42. The van der Waals surface area contributed by atoms with Crippen LogP contribution in [0.2, 0.25) is 0 Å². The van der Waals surface area contributed by atoms with E-state index >= 15 is 0 Å². The third kappa shape index (κ3) is 21.8. The van der Waals surface area contributed by atoms with Crippen molar-refractivity contribution in [3.05, 3.63) is 60.8 Å². The number of allylic oxidation sites excluding steroid dienone is 9. The zero-order chi connectivity index (χ0) is 18.4. The molecule has 0 atom stereocenters. The number of aldehydes is 1. The lowest BCUT2D eigenvalue weighted by molar-refractivity contribution is -0.131. The van der Waals surface area contributed by atoms with E-state index in [2.05, 4.69) is 12.2 Å². The Bertz CT molecular complexity index is 468. The Morgan fingerprint density at radius 3 is 1.56 bits per heavy atom. The van der Waals surface area contributed by atoms with Gasteiger partial charge in [0.2, 0.25) is 0 Å². The molecule has 0 fully saturated rings. The van der Waals surface area contributed by atoms with Crippen LogP contribution in [-0.4, -0.2) is 17.4 Å². The topological polar surface area (TPSA) is 54.4 Å². The highest BCUT2D eigenvalue weighted by Gasteiger charge is 1.91. The summed E-state index contributed by atoms with van der Waals surface area (Å²) >= 11 is 0. The zero-order valence-electron chi connectivity index (χ0n) is 15.2. The second kappa shape index (κ2) is 19.9. The summed E-state index contributed by atoms with van der Waals surface area (Å²) in [5.74, 6) is -0.940. The number of aliphatic carboxylic acids is 1. The summed E-state index contributed by atoms with van der Waals surface area (Å²) in [6.07, 6.45) is 30.8. The number of carboxylic acids is 1. The van der Waals surface area contributed by atoms with Crippen LogP contribution in [0.1, 0.15) is 64.2 Å². The number of hydrogen-bond acceptors (Lipinski definition) is 2. The van der Waals surface area contributed by atoms with Gasteiger partial charge in [-0.2, -0.15) is 0 Å². The maximum atomic E-state index is 10.2. The number of rotatable bonds is 16. The van der Waals surface area contributed by atoms with E-state index in [-0.39, 0.29) is 0 Å². The van der Waals surface area contributed by atoms with Crippen molar-refractivity contribution in [1.29, 1.82) is 0 Å². The van der Waals surface area contributed by atoms with Gasteiger partial charge >= 0.3 is 5.97 Å². The fraction of sp³-hybridized carbons (Fsp3) is 0.455. The van der Waals surface area contributed by atoms with E-state index in [1.165, 1.54) is 51.0 Å². The highest BCUT2D eigenvalue weighted by Crippen LogP contribution is 2.10. The quantitative estimate of drug-likeness (QED) is 0.163. The van der Waals surface area contributed by atoms with Crippen molar-refractivity contribution in [2.45, 2.75) is 64.2 Å². The predicted molar refractivity (Wildman–Crippen MR) is 106 cm³/mol. The maximum absolute atomic E-state index is 10.2. The van der Waals surface area contributed by atoms with Crippen LogP contribution >= 0.6 is 0 Å². The lowest BCUT2D eigenvalue weighted by Crippen LogP contribution is -1.84. The molecule has 0 amide bonds. The molecule has 0 saturated carbocycles. The predicted octanol–water partition coefficient (Wildman–Crippen LogP) is 5.95. The largest absolute Gasteiger partial charge is 0.478 e. The molecule has 0 bridgehead atoms. The Hall–Kier alpha value is -2.16. The second-order valence-corrected chi connectivity index (χ2v) is 5.85. The normalized spacial score (nSPS) is 12.5. The Morgan fingerprint density at radius 2 is 1.04 bits per heavy atom. The molecule has 0 aromatic carbocycles. The van der Waals surface area contributed by atoms with Crippen molar-refractivity contribution in [2.24, 2.45) is 0 Å². The standard InChI is InChI=1S/C22H32O3/c23-21-19-17-15-13-11-9-7-5-3-1-2-4-6-8-10-12-14-16-18-20-22(24)25/h2,4,6,8,10,12,14,16,18,20-21H,1,3,5,7,9,11,13,15,17,19H2,(H,24,25). The smallest absolute Gasteiger partial charge is 0.328 e. The molecular formula is C22H32O3. The van der Waals surface area contributed by atoms with Gasteiger partial charge in [0.25, 0.3) is 0 Å². The summed E-state index contributed by atoms with van der Waals surface area (Å²) in [4.78, 5) is 20.4. The zero-order valence-corrected chi connectivity index (χ0v) is 15.2. The Labute approximate surface area is 152 Å². The van der Waals surface area contributed by atoms with Gasteiger partial charge in [-0.05, 0) is 19.3 Å². The highest BCUT2D eigenvalue weighted by molar-refractivity contribution is 5.80. The first kappa shape index (κ1) is 22.8. The van der Waals surface area contributed by atoms with Gasteiger partial charge in [0.05, 0.1) is 0 Å². The van der Waals surface area contributed by atoms with Crippen LogP contribution in [0.5, 0.6) is 0 Å². The van der Waals surface area contributed by atoms with Crippen LogP contribution in [-0.2, 0) is 9.59 Å². The molecule has 0 rings (SSSR count). The monoisotopic (exact) mass is 344 g/mol. The third-order valence-corrected chi connectivity index (χ3v) is 3.60. The molecular weight excluding hydrogens is 312 g/mol. The summed E-state index contributed by atoms with van der Waals surface area (Å²) in [5, 5.41) is 8.40. The fourth-order valence-electron chi connectivity index (χ4n) is 2.25. The average molecular weight is 344 g/mol. The fourth-order valence-corrected chi connectivity index (χ4v) is 2.25. The third-order valence-electron chi connectivity index (χ3n) is 3.60. The van der Waals surface area contributed by atoms with E-state index in [0.29, 0.717) is 0 Å². The number of hydrogen-bond donors (Lipinski definition) is 1. The van der Waals surface area contributed by atoms with E-state index in [4.69, 9.17) is 5.11 Å². The minimum Gasteiger partial charge on any atom is -0.478 e. The van der Waals surface area contributed by atoms with Crippen molar-refractivity contribution in [1.82, 2.24) is 0 Å². The minimum atomic E-state index is -0.940. The van der Waals surface area contributed by atoms with E-state index in [9.17, 15) is 9.59 Å². The van der Waals surface area contributed by atoms with Crippen LogP contribution in [0.15, 0.2) is 60.8 Å². The second-order valence-electron chi connectivity index (χ2n) is 5.85. The first-order valence-electron chi connectivity index (χ1n) is 9.27. The average Bonchev–Trinajstić information content (AvgIpc) is 2.60. The molecule has 3 nitrogen and oxygen atoms in total. The van der Waals surface area contributed by atoms with E-state index in [1.54, 1.807) is 12.2 Å². The first-order chi connectivity index (χ1) is 12.3. The molecule has 0 saturated heterocycles. The minimum absolute atomic E-state index is 0.720. The molecule has 138 valence electrons. The lowest BCUT2D eigenvalue weighted by Gasteiger charge is -2.00. The van der Waals surface area contributed by atoms with Crippen LogP contribution < -0.4 is 0 Å². The van der Waals surface area contributed by atoms with Gasteiger partial charge < -0.3 is 9.90 Å². The molecule has 0 spiro atoms. The highest BCUT2D eigenvalue weighted by atomic mass is 16.4. The molecule has 0 unspecified atom stereocenters. The SMILES string of the molecule is O=CCCCCCCCCCCC=CC=CC=CC=CC=CC(=O)O. The summed E-state index contributed by atoms with van der Waals surface area (Å²) in [5.41, 5.74) is 0. The summed E-state index contributed by atoms with van der Waals surface area (Å²) < 4.78 is 0. The van der Waals surface area contributed by atoms with Gasteiger partial charge in [0.15, 0.2) is 0 Å². The van der Waals surface area contributed by atoms with Crippen LogP contribution in [0, 0.1) is 0 Å². The molecule has 0 radical (unpaired) electrons. The molecule has 0 heterocycles. The van der Waals surface area contributed by atoms with Gasteiger partial charge in [-0.3, -0.25) is 0 Å². The maximum Gasteiger partial charge on any atom is 0.328 e. The number of carbonyl (C=O) groups excluding carboxylic acids is 1. The Kier molecular flexibility index (Phi) is 18.2. The molecule has 0 aliphatic heterocycles. The summed E-state index contributed by atoms with van der Waals surface area (Å²) in [7, 11) is 0. The molecule has 0 aliphatic rings. The van der Waals surface area contributed by atoms with Crippen molar-refractivity contribution in [3.8, 4) is 0 Å².